The first-order chi connectivity index (χ1) is 17.7. The molecule has 1 saturated carbocycles. The molecule has 0 aliphatic heterocycles. The van der Waals surface area contributed by atoms with Crippen LogP contribution in [0.3, 0.4) is 0 Å². The van der Waals surface area contributed by atoms with Gasteiger partial charge in [0.05, 0.1) is 28.2 Å². The van der Waals surface area contributed by atoms with Gasteiger partial charge in [-0.3, -0.25) is 14.6 Å². The minimum atomic E-state index is -0.160. The summed E-state index contributed by atoms with van der Waals surface area (Å²) in [6.45, 7) is 4.08. The summed E-state index contributed by atoms with van der Waals surface area (Å²) in [6, 6.07) is 17.5. The molecule has 3 aromatic rings. The van der Waals surface area contributed by atoms with Crippen molar-refractivity contribution in [2.75, 3.05) is 0 Å². The largest absolute Gasteiger partial charge is 0.511 e. The first-order valence-corrected chi connectivity index (χ1v) is 13.3. The zero-order chi connectivity index (χ0) is 26.2. The van der Waals surface area contributed by atoms with Crippen LogP contribution in [0.4, 0.5) is 5.69 Å². The molecule has 5 rings (SSSR count). The van der Waals surface area contributed by atoms with E-state index in [1.54, 1.807) is 0 Å². The number of aryl methyl sites for hydroxylation is 1. The Morgan fingerprint density at radius 3 is 2.51 bits per heavy atom. The number of aliphatic hydroxyl groups is 1. The fraction of sp³-hybridized carbons (Fsp3) is 0.333. The maximum absolute atomic E-state index is 13.4. The van der Waals surface area contributed by atoms with E-state index in [4.69, 9.17) is 9.52 Å². The van der Waals surface area contributed by atoms with Crippen LogP contribution in [0.1, 0.15) is 72.8 Å². The van der Waals surface area contributed by atoms with Gasteiger partial charge in [0.25, 0.3) is 0 Å². The number of aliphatic hydroxyl groups excluding tert-OH is 1. The number of rotatable bonds is 5. The highest BCUT2D eigenvalue weighted by atomic mass is 79.9. The Kier molecular flexibility index (Phi) is 6.99. The van der Waals surface area contributed by atoms with Crippen LogP contribution in [0.15, 0.2) is 79.9 Å². The van der Waals surface area contributed by atoms with E-state index >= 15 is 0 Å². The van der Waals surface area contributed by atoms with E-state index in [0.717, 1.165) is 10.0 Å². The van der Waals surface area contributed by atoms with Crippen molar-refractivity contribution in [3.8, 4) is 0 Å². The van der Waals surface area contributed by atoms with Gasteiger partial charge in [-0.15, -0.1) is 0 Å². The van der Waals surface area contributed by atoms with Gasteiger partial charge in [0, 0.05) is 36.6 Å². The lowest BCUT2D eigenvalue weighted by Gasteiger charge is -2.27. The number of aromatic nitrogens is 1. The molecular weight excluding hydrogens is 532 g/mol. The number of benzene rings is 2. The third kappa shape index (κ3) is 5.52. The van der Waals surface area contributed by atoms with Crippen molar-refractivity contribution in [1.29, 1.82) is 0 Å². The summed E-state index contributed by atoms with van der Waals surface area (Å²) in [7, 11) is 0. The molecule has 0 amide bonds. The maximum Gasteiger partial charge on any atom is 0.168 e. The number of allylic oxidation sites excluding steroid dienone is 2. The van der Waals surface area contributed by atoms with E-state index < -0.39 is 0 Å². The molecular formula is C30H29BrN2O4. The number of hydrogen-bond donors (Lipinski definition) is 1. The third-order valence-corrected chi connectivity index (χ3v) is 7.61. The second-order valence-corrected chi connectivity index (χ2v) is 11.6. The SMILES string of the molecule is CC1(C)CC(=O)c2c(CC/C(O)=C3\C(=O)CC(c4ccccc4)CC3=Nc3ccc(Br)cc3)noc2C1. The summed E-state index contributed by atoms with van der Waals surface area (Å²) < 4.78 is 6.44. The highest BCUT2D eigenvalue weighted by Crippen LogP contribution is 2.38. The second-order valence-electron chi connectivity index (χ2n) is 10.7. The number of ketones is 2. The summed E-state index contributed by atoms with van der Waals surface area (Å²) in [5.41, 5.74) is 3.56. The minimum Gasteiger partial charge on any atom is -0.511 e. The Morgan fingerprint density at radius 1 is 1.05 bits per heavy atom. The Hall–Kier alpha value is -3.32. The lowest BCUT2D eigenvalue weighted by atomic mass is 9.76. The summed E-state index contributed by atoms with van der Waals surface area (Å²) in [6.07, 6.45) is 2.41. The summed E-state index contributed by atoms with van der Waals surface area (Å²) >= 11 is 3.44. The van der Waals surface area contributed by atoms with Gasteiger partial charge < -0.3 is 9.63 Å². The smallest absolute Gasteiger partial charge is 0.168 e. The molecule has 1 atom stereocenters. The number of nitrogens with zero attached hydrogens (tertiary/aromatic N) is 2. The molecule has 0 saturated heterocycles. The monoisotopic (exact) mass is 560 g/mol. The average Bonchev–Trinajstić information content (AvgIpc) is 3.26. The van der Waals surface area contributed by atoms with Crippen molar-refractivity contribution < 1.29 is 19.2 Å². The zero-order valence-electron chi connectivity index (χ0n) is 21.0. The van der Waals surface area contributed by atoms with Crippen molar-refractivity contribution in [2.45, 2.75) is 58.3 Å². The lowest BCUT2D eigenvalue weighted by Crippen LogP contribution is -2.27. The van der Waals surface area contributed by atoms with E-state index in [9.17, 15) is 14.7 Å². The van der Waals surface area contributed by atoms with E-state index in [0.29, 0.717) is 60.5 Å². The van der Waals surface area contributed by atoms with Gasteiger partial charge in [-0.05, 0) is 47.6 Å². The molecule has 6 nitrogen and oxygen atoms in total. The number of carbonyl (C=O) groups excluding carboxylic acids is 2. The number of carbonyl (C=O) groups is 2. The van der Waals surface area contributed by atoms with Crippen molar-refractivity contribution in [2.24, 2.45) is 10.4 Å². The molecule has 0 spiro atoms. The van der Waals surface area contributed by atoms with Crippen molar-refractivity contribution in [3.63, 3.8) is 0 Å². The lowest BCUT2D eigenvalue weighted by molar-refractivity contribution is -0.116. The molecule has 1 heterocycles. The van der Waals surface area contributed by atoms with Gasteiger partial charge in [-0.25, -0.2) is 0 Å². The normalized spacial score (nSPS) is 21.7. The molecule has 1 unspecified atom stereocenters. The molecule has 2 aliphatic carbocycles. The van der Waals surface area contributed by atoms with Gasteiger partial charge in [0.15, 0.2) is 11.6 Å². The molecule has 0 radical (unpaired) electrons. The predicted molar refractivity (Wildman–Crippen MR) is 146 cm³/mol. The average molecular weight is 561 g/mol. The number of fused-ring (bicyclic) bond motifs is 1. The topological polar surface area (TPSA) is 92.8 Å². The van der Waals surface area contributed by atoms with Crippen LogP contribution in [0, 0.1) is 5.41 Å². The first kappa shape index (κ1) is 25.3. The summed E-state index contributed by atoms with van der Waals surface area (Å²) in [5, 5.41) is 15.3. The Balaban J connectivity index is 1.45. The van der Waals surface area contributed by atoms with Crippen molar-refractivity contribution in [1.82, 2.24) is 5.16 Å². The van der Waals surface area contributed by atoms with Crippen LogP contribution in [-0.4, -0.2) is 27.5 Å². The summed E-state index contributed by atoms with van der Waals surface area (Å²) in [5.74, 6) is 0.469. The van der Waals surface area contributed by atoms with Gasteiger partial charge in [-0.1, -0.05) is 65.3 Å². The molecule has 190 valence electrons. The highest BCUT2D eigenvalue weighted by molar-refractivity contribution is 9.10. The van der Waals surface area contributed by atoms with Crippen LogP contribution < -0.4 is 0 Å². The predicted octanol–water partition coefficient (Wildman–Crippen LogP) is 7.26. The van der Waals surface area contributed by atoms with E-state index in [2.05, 4.69) is 21.1 Å². The van der Waals surface area contributed by atoms with Crippen LogP contribution >= 0.6 is 15.9 Å². The van der Waals surface area contributed by atoms with Crippen LogP contribution in [0.2, 0.25) is 0 Å². The van der Waals surface area contributed by atoms with Gasteiger partial charge in [-0.2, -0.15) is 0 Å². The number of halogens is 1. The molecule has 0 bridgehead atoms. The number of hydrogen-bond acceptors (Lipinski definition) is 6. The van der Waals surface area contributed by atoms with Gasteiger partial charge in [0.1, 0.15) is 11.5 Å². The van der Waals surface area contributed by atoms with E-state index in [1.165, 1.54) is 0 Å². The minimum absolute atomic E-state index is 0.0111. The van der Waals surface area contributed by atoms with Gasteiger partial charge >= 0.3 is 0 Å². The Labute approximate surface area is 224 Å². The Morgan fingerprint density at radius 2 is 1.78 bits per heavy atom. The second kappa shape index (κ2) is 10.2. The van der Waals surface area contributed by atoms with Crippen molar-refractivity contribution >= 4 is 38.9 Å². The van der Waals surface area contributed by atoms with Crippen molar-refractivity contribution in [3.05, 3.63) is 93.0 Å². The van der Waals surface area contributed by atoms with Gasteiger partial charge in [0.2, 0.25) is 0 Å². The number of aliphatic imine (C=N–C) groups is 1. The molecule has 37 heavy (non-hydrogen) atoms. The molecule has 7 heteroatoms. The zero-order valence-corrected chi connectivity index (χ0v) is 22.5. The molecule has 2 aliphatic rings. The van der Waals surface area contributed by atoms with E-state index in [1.807, 2.05) is 68.4 Å². The summed E-state index contributed by atoms with van der Waals surface area (Å²) in [4.78, 5) is 31.0. The number of Topliss-reactive ketones (excluding diaryl/α,β-unsaturated/α-hetero) is 2. The third-order valence-electron chi connectivity index (χ3n) is 7.08. The van der Waals surface area contributed by atoms with Crippen LogP contribution in [0.25, 0.3) is 0 Å². The molecule has 2 aromatic carbocycles. The van der Waals surface area contributed by atoms with E-state index in [-0.39, 0.29) is 40.7 Å². The molecule has 1 N–H and O–H groups in total. The quantitative estimate of drug-likeness (QED) is 0.262. The van der Waals surface area contributed by atoms with Crippen LogP contribution in [-0.2, 0) is 17.6 Å². The Bertz CT molecular complexity index is 1400. The van der Waals surface area contributed by atoms with Crippen LogP contribution in [0.5, 0.6) is 0 Å². The maximum atomic E-state index is 13.4. The highest BCUT2D eigenvalue weighted by Gasteiger charge is 2.37. The standard InChI is InChI=1S/C30H29BrN2O4/c1-30(2)16-26(36)29-22(33-37-27(29)17-30)12-13-24(34)28-23(32-21-10-8-20(31)9-11-21)14-19(15-25(28)35)18-6-4-3-5-7-18/h3-11,19,34H,12-17H2,1-2H3/b28-24+,32-23?. The fourth-order valence-corrected chi connectivity index (χ4v) is 5.57. The molecule has 1 aromatic heterocycles. The fourth-order valence-electron chi connectivity index (χ4n) is 5.31. The first-order valence-electron chi connectivity index (χ1n) is 12.5. The molecule has 1 fully saturated rings.